The molecule has 0 amide bonds. The van der Waals surface area contributed by atoms with Gasteiger partial charge in [-0.3, -0.25) is 4.90 Å². The summed E-state index contributed by atoms with van der Waals surface area (Å²) in [5.74, 6) is 1.61. The van der Waals surface area contributed by atoms with E-state index < -0.39 is 0 Å². The first-order chi connectivity index (χ1) is 10.2. The van der Waals surface area contributed by atoms with Crippen LogP contribution < -0.4 is 9.47 Å². The Kier molecular flexibility index (Phi) is 5.88. The van der Waals surface area contributed by atoms with Crippen molar-refractivity contribution in [2.24, 2.45) is 0 Å². The van der Waals surface area contributed by atoms with E-state index in [9.17, 15) is 0 Å². The first-order valence-corrected chi connectivity index (χ1v) is 7.85. The summed E-state index contributed by atoms with van der Waals surface area (Å²) in [6.45, 7) is 10.4. The summed E-state index contributed by atoms with van der Waals surface area (Å²) in [6, 6.07) is 6.79. The van der Waals surface area contributed by atoms with Crippen molar-refractivity contribution in [3.8, 4) is 11.5 Å². The summed E-state index contributed by atoms with van der Waals surface area (Å²) in [5.41, 5.74) is 1.30. The molecule has 1 aromatic carbocycles. The molecule has 1 aliphatic rings. The lowest BCUT2D eigenvalue weighted by molar-refractivity contribution is 0.106. The molecule has 1 aromatic rings. The zero-order valence-corrected chi connectivity index (χ0v) is 13.8. The second-order valence-electron chi connectivity index (χ2n) is 5.71. The Labute approximate surface area is 128 Å². The van der Waals surface area contributed by atoms with Crippen molar-refractivity contribution in [2.75, 3.05) is 46.9 Å². The number of ether oxygens (including phenoxy) is 2. The van der Waals surface area contributed by atoms with E-state index in [0.29, 0.717) is 6.04 Å². The van der Waals surface area contributed by atoms with Gasteiger partial charge in [0.25, 0.3) is 0 Å². The Morgan fingerprint density at radius 2 is 1.71 bits per heavy atom. The molecular weight excluding hydrogens is 264 g/mol. The van der Waals surface area contributed by atoms with Gasteiger partial charge < -0.3 is 14.4 Å². The predicted octanol–water partition coefficient (Wildman–Crippen LogP) is 2.27. The summed E-state index contributed by atoms with van der Waals surface area (Å²) in [7, 11) is 3.36. The van der Waals surface area contributed by atoms with Crippen LogP contribution in [0, 0.1) is 0 Å². The third-order valence-electron chi connectivity index (χ3n) is 4.46. The first-order valence-electron chi connectivity index (χ1n) is 7.85. The van der Waals surface area contributed by atoms with E-state index in [1.165, 1.54) is 31.7 Å². The molecule has 21 heavy (non-hydrogen) atoms. The smallest absolute Gasteiger partial charge is 0.160 e. The first kappa shape index (κ1) is 16.1. The number of hydrogen-bond donors (Lipinski definition) is 0. The number of benzene rings is 1. The second kappa shape index (κ2) is 7.66. The molecule has 118 valence electrons. The van der Waals surface area contributed by atoms with E-state index in [1.54, 1.807) is 14.2 Å². The van der Waals surface area contributed by atoms with Crippen LogP contribution in [-0.4, -0.2) is 62.8 Å². The molecule has 1 fully saturated rings. The van der Waals surface area contributed by atoms with Crippen LogP contribution in [0.2, 0.25) is 0 Å². The van der Waals surface area contributed by atoms with Crippen molar-refractivity contribution in [3.63, 3.8) is 0 Å². The van der Waals surface area contributed by atoms with Gasteiger partial charge in [-0.05, 0) is 37.6 Å². The standard InChI is InChI=1S/C17H28N2O2/c1-5-18-8-10-19(11-9-18)14(2)12-15-6-7-16(20-3)17(13-15)21-4/h6-7,13-14H,5,8-12H2,1-4H3. The highest BCUT2D eigenvalue weighted by Gasteiger charge is 2.20. The molecule has 1 saturated heterocycles. The van der Waals surface area contributed by atoms with E-state index in [2.05, 4.69) is 35.8 Å². The maximum absolute atomic E-state index is 5.39. The molecule has 0 aromatic heterocycles. The Morgan fingerprint density at radius 3 is 2.29 bits per heavy atom. The number of piperazine rings is 1. The molecule has 0 aliphatic carbocycles. The normalized spacial score (nSPS) is 18.5. The van der Waals surface area contributed by atoms with E-state index in [4.69, 9.17) is 9.47 Å². The highest BCUT2D eigenvalue weighted by atomic mass is 16.5. The van der Waals surface area contributed by atoms with Crippen LogP contribution in [0.1, 0.15) is 19.4 Å². The van der Waals surface area contributed by atoms with Gasteiger partial charge in [-0.25, -0.2) is 0 Å². The molecular formula is C17H28N2O2. The molecule has 0 N–H and O–H groups in total. The fraction of sp³-hybridized carbons (Fsp3) is 0.647. The molecule has 2 rings (SSSR count). The zero-order valence-electron chi connectivity index (χ0n) is 13.8. The zero-order chi connectivity index (χ0) is 15.2. The van der Waals surface area contributed by atoms with Crippen molar-refractivity contribution >= 4 is 0 Å². The largest absolute Gasteiger partial charge is 0.493 e. The van der Waals surface area contributed by atoms with E-state index >= 15 is 0 Å². The fourth-order valence-electron chi connectivity index (χ4n) is 3.00. The van der Waals surface area contributed by atoms with Gasteiger partial charge in [0.2, 0.25) is 0 Å². The molecule has 4 heteroatoms. The van der Waals surface area contributed by atoms with Gasteiger partial charge in [-0.1, -0.05) is 13.0 Å². The van der Waals surface area contributed by atoms with Crippen LogP contribution in [0.25, 0.3) is 0 Å². The van der Waals surface area contributed by atoms with Crippen LogP contribution in [0.5, 0.6) is 11.5 Å². The Morgan fingerprint density at radius 1 is 1.05 bits per heavy atom. The monoisotopic (exact) mass is 292 g/mol. The van der Waals surface area contributed by atoms with E-state index in [1.807, 2.05) is 6.07 Å². The molecule has 0 bridgehead atoms. The van der Waals surface area contributed by atoms with Gasteiger partial charge in [0.15, 0.2) is 11.5 Å². The lowest BCUT2D eigenvalue weighted by Gasteiger charge is -2.37. The molecule has 1 unspecified atom stereocenters. The van der Waals surface area contributed by atoms with Crippen molar-refractivity contribution < 1.29 is 9.47 Å². The van der Waals surface area contributed by atoms with Crippen molar-refractivity contribution in [2.45, 2.75) is 26.3 Å². The maximum Gasteiger partial charge on any atom is 0.160 e. The van der Waals surface area contributed by atoms with Gasteiger partial charge in [0, 0.05) is 32.2 Å². The summed E-state index contributed by atoms with van der Waals surface area (Å²) >= 11 is 0. The van der Waals surface area contributed by atoms with Gasteiger partial charge in [0.1, 0.15) is 0 Å². The fourth-order valence-corrected chi connectivity index (χ4v) is 3.00. The van der Waals surface area contributed by atoms with Gasteiger partial charge in [-0.2, -0.15) is 0 Å². The highest BCUT2D eigenvalue weighted by molar-refractivity contribution is 5.43. The SMILES string of the molecule is CCN1CCN(C(C)Cc2ccc(OC)c(OC)c2)CC1. The minimum absolute atomic E-state index is 0.558. The summed E-state index contributed by atoms with van der Waals surface area (Å²) < 4.78 is 10.7. The van der Waals surface area contributed by atoms with Crippen LogP contribution in [-0.2, 0) is 6.42 Å². The summed E-state index contributed by atoms with van der Waals surface area (Å²) in [5, 5.41) is 0. The third kappa shape index (κ3) is 4.11. The average molecular weight is 292 g/mol. The molecule has 1 heterocycles. The topological polar surface area (TPSA) is 24.9 Å². The third-order valence-corrected chi connectivity index (χ3v) is 4.46. The molecule has 0 radical (unpaired) electrons. The number of nitrogens with zero attached hydrogens (tertiary/aromatic N) is 2. The Balaban J connectivity index is 1.95. The summed E-state index contributed by atoms with van der Waals surface area (Å²) in [6.07, 6.45) is 1.05. The molecule has 0 saturated carbocycles. The van der Waals surface area contributed by atoms with Crippen LogP contribution in [0.15, 0.2) is 18.2 Å². The summed E-state index contributed by atoms with van der Waals surface area (Å²) in [4.78, 5) is 5.10. The van der Waals surface area contributed by atoms with Crippen LogP contribution in [0.4, 0.5) is 0 Å². The van der Waals surface area contributed by atoms with Gasteiger partial charge >= 0.3 is 0 Å². The molecule has 4 nitrogen and oxygen atoms in total. The lowest BCUT2D eigenvalue weighted by atomic mass is 10.0. The molecule has 1 atom stereocenters. The molecule has 1 aliphatic heterocycles. The van der Waals surface area contributed by atoms with Crippen molar-refractivity contribution in [1.82, 2.24) is 9.80 Å². The lowest BCUT2D eigenvalue weighted by Crippen LogP contribution is -2.49. The van der Waals surface area contributed by atoms with E-state index in [0.717, 1.165) is 24.5 Å². The van der Waals surface area contributed by atoms with Crippen LogP contribution in [0.3, 0.4) is 0 Å². The minimum Gasteiger partial charge on any atom is -0.493 e. The predicted molar refractivity (Wildman–Crippen MR) is 86.4 cm³/mol. The van der Waals surface area contributed by atoms with Gasteiger partial charge in [-0.15, -0.1) is 0 Å². The number of hydrogen-bond acceptors (Lipinski definition) is 4. The number of rotatable bonds is 6. The average Bonchev–Trinajstić information content (AvgIpc) is 2.54. The Bertz CT molecular complexity index is 442. The number of methoxy groups -OCH3 is 2. The van der Waals surface area contributed by atoms with Crippen molar-refractivity contribution in [3.05, 3.63) is 23.8 Å². The quantitative estimate of drug-likeness (QED) is 0.803. The van der Waals surface area contributed by atoms with E-state index in [-0.39, 0.29) is 0 Å². The van der Waals surface area contributed by atoms with Crippen molar-refractivity contribution in [1.29, 1.82) is 0 Å². The highest BCUT2D eigenvalue weighted by Crippen LogP contribution is 2.28. The van der Waals surface area contributed by atoms with Gasteiger partial charge in [0.05, 0.1) is 14.2 Å². The maximum atomic E-state index is 5.39. The molecule has 0 spiro atoms. The Hall–Kier alpha value is -1.26. The number of likely N-dealkylation sites (N-methyl/N-ethyl adjacent to an activating group) is 1. The second-order valence-corrected chi connectivity index (χ2v) is 5.71. The minimum atomic E-state index is 0.558. The van der Waals surface area contributed by atoms with Crippen LogP contribution >= 0.6 is 0 Å².